The minimum Gasteiger partial charge on any atom is -0.394 e. The zero-order chi connectivity index (χ0) is 17.4. The van der Waals surface area contributed by atoms with Crippen molar-refractivity contribution >= 4 is 0 Å². The van der Waals surface area contributed by atoms with Crippen molar-refractivity contribution in [3.8, 4) is 0 Å². The fourth-order valence-electron chi connectivity index (χ4n) is 2.63. The zero-order valence-electron chi connectivity index (χ0n) is 12.0. The second-order valence-corrected chi connectivity index (χ2v) is 5.58. The van der Waals surface area contributed by atoms with Crippen molar-refractivity contribution in [2.24, 2.45) is 0 Å². The van der Waals surface area contributed by atoms with Gasteiger partial charge in [0.1, 0.15) is 42.7 Å². The Hall–Kier alpha value is -0.440. The number of rotatable bonds is 5. The van der Waals surface area contributed by atoms with E-state index in [1.165, 1.54) is 0 Å². The molecular formula is C12H22O11. The molecule has 0 aliphatic carbocycles. The van der Waals surface area contributed by atoms with Crippen LogP contribution in [0.5, 0.6) is 0 Å². The maximum atomic E-state index is 10.00. The third kappa shape index (κ3) is 3.36. The Bertz CT molecular complexity index is 393. The SMILES string of the molecule is OCC1O[C@](O)(CO)C(O)[C@H]1O[C@H]1OC(CO)[C@@H](O)[C@H](O)C1O. The number of aliphatic hydroxyl groups excluding tert-OH is 7. The minimum atomic E-state index is -2.37. The lowest BCUT2D eigenvalue weighted by Crippen LogP contribution is -2.60. The summed E-state index contributed by atoms with van der Waals surface area (Å²) in [6, 6.07) is 0. The molecule has 2 rings (SSSR count). The van der Waals surface area contributed by atoms with Gasteiger partial charge in [0.15, 0.2) is 6.29 Å². The molecule has 0 amide bonds. The van der Waals surface area contributed by atoms with Gasteiger partial charge in [-0.05, 0) is 0 Å². The Morgan fingerprint density at radius 1 is 0.870 bits per heavy atom. The monoisotopic (exact) mass is 342 g/mol. The predicted octanol–water partition coefficient (Wildman–Crippen LogP) is -5.40. The van der Waals surface area contributed by atoms with E-state index in [0.717, 1.165) is 0 Å². The third-order valence-electron chi connectivity index (χ3n) is 4.04. The van der Waals surface area contributed by atoms with Crippen molar-refractivity contribution < 1.29 is 55.1 Å². The van der Waals surface area contributed by atoms with Crippen LogP contribution in [0.25, 0.3) is 0 Å². The van der Waals surface area contributed by atoms with Crippen molar-refractivity contribution in [2.75, 3.05) is 19.8 Å². The fraction of sp³-hybridized carbons (Fsp3) is 1.00. The van der Waals surface area contributed by atoms with Gasteiger partial charge < -0.3 is 55.1 Å². The number of aliphatic hydroxyl groups is 8. The zero-order valence-corrected chi connectivity index (χ0v) is 12.0. The molecule has 11 heteroatoms. The Labute approximate surface area is 130 Å². The van der Waals surface area contributed by atoms with E-state index < -0.39 is 74.6 Å². The van der Waals surface area contributed by atoms with E-state index in [0.29, 0.717) is 0 Å². The molecule has 0 saturated carbocycles. The van der Waals surface area contributed by atoms with Gasteiger partial charge >= 0.3 is 0 Å². The van der Waals surface area contributed by atoms with Gasteiger partial charge in [0.2, 0.25) is 5.79 Å². The van der Waals surface area contributed by atoms with Crippen molar-refractivity contribution in [2.45, 2.75) is 54.8 Å². The highest BCUT2D eigenvalue weighted by molar-refractivity contribution is 4.98. The molecule has 0 radical (unpaired) electrons. The second kappa shape index (κ2) is 7.21. The molecule has 23 heavy (non-hydrogen) atoms. The Morgan fingerprint density at radius 3 is 2.00 bits per heavy atom. The van der Waals surface area contributed by atoms with Gasteiger partial charge in [0, 0.05) is 0 Å². The molecule has 2 aliphatic heterocycles. The van der Waals surface area contributed by atoms with Crippen LogP contribution in [0.2, 0.25) is 0 Å². The van der Waals surface area contributed by atoms with Crippen LogP contribution in [-0.4, -0.2) is 115 Å². The van der Waals surface area contributed by atoms with Crippen molar-refractivity contribution in [3.63, 3.8) is 0 Å². The summed E-state index contributed by atoms with van der Waals surface area (Å²) in [4.78, 5) is 0. The van der Waals surface area contributed by atoms with Gasteiger partial charge in [0.25, 0.3) is 0 Å². The first kappa shape index (κ1) is 18.9. The summed E-state index contributed by atoms with van der Waals surface area (Å²) >= 11 is 0. The lowest BCUT2D eigenvalue weighted by Gasteiger charge is -2.41. The normalized spacial score (nSPS) is 51.1. The highest BCUT2D eigenvalue weighted by Crippen LogP contribution is 2.33. The first-order chi connectivity index (χ1) is 10.8. The summed E-state index contributed by atoms with van der Waals surface area (Å²) in [6.07, 6.45) is -12.2. The van der Waals surface area contributed by atoms with E-state index in [9.17, 15) is 30.6 Å². The Morgan fingerprint density at radius 2 is 1.48 bits per heavy atom. The first-order valence-electron chi connectivity index (χ1n) is 7.05. The maximum absolute atomic E-state index is 10.00. The molecule has 4 unspecified atom stereocenters. The van der Waals surface area contributed by atoms with Gasteiger partial charge in [-0.25, -0.2) is 0 Å². The molecule has 0 aromatic rings. The van der Waals surface area contributed by atoms with Crippen molar-refractivity contribution in [1.29, 1.82) is 0 Å². The standard InChI is InChI=1S/C12H22O11/c13-1-4-6(16)7(17)8(18)11(21-4)22-9-5(2-14)23-12(20,3-15)10(9)19/h4-11,13-20H,1-3H2/t4?,5?,6-,7+,8?,9+,10?,11-,12-/m1/s1. The van der Waals surface area contributed by atoms with Gasteiger partial charge in [-0.15, -0.1) is 0 Å². The van der Waals surface area contributed by atoms with Gasteiger partial charge in [-0.3, -0.25) is 0 Å². The predicted molar refractivity (Wildman–Crippen MR) is 68.6 cm³/mol. The molecule has 0 aromatic carbocycles. The summed E-state index contributed by atoms with van der Waals surface area (Å²) in [5, 5.41) is 76.5. The molecule has 2 fully saturated rings. The molecular weight excluding hydrogens is 320 g/mol. The highest BCUT2D eigenvalue weighted by Gasteiger charge is 2.56. The van der Waals surface area contributed by atoms with Crippen LogP contribution < -0.4 is 0 Å². The topological polar surface area (TPSA) is 190 Å². The van der Waals surface area contributed by atoms with Crippen LogP contribution in [0.1, 0.15) is 0 Å². The fourth-order valence-corrected chi connectivity index (χ4v) is 2.63. The molecule has 0 bridgehead atoms. The van der Waals surface area contributed by atoms with Crippen molar-refractivity contribution in [3.05, 3.63) is 0 Å². The summed E-state index contributed by atoms with van der Waals surface area (Å²) in [5.74, 6) is -2.37. The quantitative estimate of drug-likeness (QED) is 0.238. The number of hydrogen-bond donors (Lipinski definition) is 8. The number of hydrogen-bond acceptors (Lipinski definition) is 11. The summed E-state index contributed by atoms with van der Waals surface area (Å²) in [7, 11) is 0. The average molecular weight is 342 g/mol. The molecule has 0 spiro atoms. The van der Waals surface area contributed by atoms with E-state index in [1.807, 2.05) is 0 Å². The van der Waals surface area contributed by atoms with E-state index in [2.05, 4.69) is 0 Å². The van der Waals surface area contributed by atoms with Crippen LogP contribution in [0, 0.1) is 0 Å². The Balaban J connectivity index is 2.13. The molecule has 0 aromatic heterocycles. The van der Waals surface area contributed by atoms with E-state index in [1.54, 1.807) is 0 Å². The minimum absolute atomic E-state index is 0.668. The molecule has 9 atom stereocenters. The van der Waals surface area contributed by atoms with Crippen LogP contribution in [0.4, 0.5) is 0 Å². The van der Waals surface area contributed by atoms with E-state index >= 15 is 0 Å². The summed E-state index contributed by atoms with van der Waals surface area (Å²) < 4.78 is 15.3. The molecule has 2 aliphatic rings. The van der Waals surface area contributed by atoms with E-state index in [4.69, 9.17) is 24.4 Å². The average Bonchev–Trinajstić information content (AvgIpc) is 2.80. The van der Waals surface area contributed by atoms with Gasteiger partial charge in [-0.1, -0.05) is 0 Å². The highest BCUT2D eigenvalue weighted by atomic mass is 16.7. The van der Waals surface area contributed by atoms with Crippen LogP contribution in [0.3, 0.4) is 0 Å². The van der Waals surface area contributed by atoms with Crippen molar-refractivity contribution in [1.82, 2.24) is 0 Å². The van der Waals surface area contributed by atoms with Gasteiger partial charge in [0.05, 0.1) is 19.8 Å². The largest absolute Gasteiger partial charge is 0.394 e. The van der Waals surface area contributed by atoms with Crippen LogP contribution in [0.15, 0.2) is 0 Å². The first-order valence-corrected chi connectivity index (χ1v) is 7.05. The maximum Gasteiger partial charge on any atom is 0.219 e. The second-order valence-electron chi connectivity index (χ2n) is 5.58. The van der Waals surface area contributed by atoms with Crippen LogP contribution >= 0.6 is 0 Å². The molecule has 11 nitrogen and oxygen atoms in total. The molecule has 8 N–H and O–H groups in total. The van der Waals surface area contributed by atoms with Crippen LogP contribution in [-0.2, 0) is 14.2 Å². The Kier molecular flexibility index (Phi) is 5.92. The summed E-state index contributed by atoms with van der Waals surface area (Å²) in [5.41, 5.74) is 0. The summed E-state index contributed by atoms with van der Waals surface area (Å²) in [6.45, 7) is -2.32. The molecule has 136 valence electrons. The third-order valence-corrected chi connectivity index (χ3v) is 4.04. The lowest BCUT2D eigenvalue weighted by atomic mass is 9.99. The lowest BCUT2D eigenvalue weighted by molar-refractivity contribution is -0.318. The smallest absolute Gasteiger partial charge is 0.219 e. The van der Waals surface area contributed by atoms with E-state index in [-0.39, 0.29) is 0 Å². The molecule has 2 saturated heterocycles. The molecule has 2 heterocycles. The number of ether oxygens (including phenoxy) is 3. The van der Waals surface area contributed by atoms with Gasteiger partial charge in [-0.2, -0.15) is 0 Å².